The predicted octanol–water partition coefficient (Wildman–Crippen LogP) is 7.54. The topological polar surface area (TPSA) is 103 Å². The Kier molecular flexibility index (Phi) is 7.84. The van der Waals surface area contributed by atoms with Crippen LogP contribution >= 0.6 is 38.6 Å². The zero-order valence-electron chi connectivity index (χ0n) is 24.5. The first-order valence-corrected chi connectivity index (χ1v) is 15.9. The number of carbonyl (C=O) groups is 2. The summed E-state index contributed by atoms with van der Waals surface area (Å²) in [4.78, 5) is 45.7. The van der Waals surface area contributed by atoms with Crippen molar-refractivity contribution < 1.29 is 19.1 Å². The van der Waals surface area contributed by atoms with Crippen molar-refractivity contribution in [2.75, 3.05) is 18.5 Å². The maximum absolute atomic E-state index is 13.0. The quantitative estimate of drug-likeness (QED) is 0.222. The zero-order chi connectivity index (χ0) is 29.9. The summed E-state index contributed by atoms with van der Waals surface area (Å²) in [6.45, 7) is 13.9. The highest BCUT2D eigenvalue weighted by Crippen LogP contribution is 2.40. The third-order valence-corrected chi connectivity index (χ3v) is 9.52. The Morgan fingerprint density at radius 3 is 2.34 bits per heavy atom. The minimum Gasteiger partial charge on any atom is -0.444 e. The Hall–Kier alpha value is -2.77. The minimum atomic E-state index is -0.631. The van der Waals surface area contributed by atoms with Gasteiger partial charge in [-0.25, -0.2) is 19.6 Å². The van der Waals surface area contributed by atoms with Gasteiger partial charge in [0.1, 0.15) is 21.9 Å². The number of hydrogen-bond donors (Lipinski definition) is 0. The molecule has 1 fully saturated rings. The van der Waals surface area contributed by atoms with E-state index < -0.39 is 17.3 Å². The monoisotopic (exact) mass is 662 g/mol. The van der Waals surface area contributed by atoms with Gasteiger partial charge in [0.25, 0.3) is 0 Å². The van der Waals surface area contributed by atoms with E-state index in [-0.39, 0.29) is 18.2 Å². The molecule has 1 aliphatic heterocycles. The number of fused-ring (bicyclic) bond motifs is 2. The van der Waals surface area contributed by atoms with E-state index in [4.69, 9.17) is 19.4 Å². The molecule has 4 aromatic heterocycles. The summed E-state index contributed by atoms with van der Waals surface area (Å²) in [7, 11) is 2.05. The molecule has 0 spiro atoms. The number of piperidine rings is 1. The van der Waals surface area contributed by atoms with Crippen molar-refractivity contribution >= 4 is 76.5 Å². The van der Waals surface area contributed by atoms with E-state index in [1.54, 1.807) is 12.4 Å². The molecule has 41 heavy (non-hydrogen) atoms. The largest absolute Gasteiger partial charge is 0.444 e. The van der Waals surface area contributed by atoms with Gasteiger partial charge in [-0.1, -0.05) is 22.7 Å². The Morgan fingerprint density at radius 1 is 1.05 bits per heavy atom. The van der Waals surface area contributed by atoms with Crippen LogP contribution in [0.25, 0.3) is 31.3 Å². The molecule has 0 radical (unpaired) electrons. The maximum Gasteiger partial charge on any atom is 0.419 e. The number of ether oxygens (including phenoxy) is 2. The molecule has 5 heterocycles. The molecule has 0 saturated carbocycles. The highest BCUT2D eigenvalue weighted by Gasteiger charge is 2.34. The van der Waals surface area contributed by atoms with Gasteiger partial charge >= 0.3 is 12.2 Å². The van der Waals surface area contributed by atoms with Crippen LogP contribution < -0.4 is 4.90 Å². The van der Waals surface area contributed by atoms with E-state index >= 15 is 0 Å². The van der Waals surface area contributed by atoms with Crippen molar-refractivity contribution in [1.29, 1.82) is 0 Å². The van der Waals surface area contributed by atoms with Crippen LogP contribution in [-0.2, 0) is 9.47 Å². The van der Waals surface area contributed by atoms with E-state index in [0.29, 0.717) is 22.8 Å². The third-order valence-electron chi connectivity index (χ3n) is 6.76. The number of thiazole rings is 2. The van der Waals surface area contributed by atoms with Crippen molar-refractivity contribution in [3.8, 4) is 10.7 Å². The number of hydrogen-bond acceptors (Lipinski definition) is 10. The molecule has 1 aliphatic rings. The minimum absolute atomic E-state index is 0.0592. The van der Waals surface area contributed by atoms with Crippen LogP contribution in [0, 0.1) is 0 Å². The summed E-state index contributed by atoms with van der Waals surface area (Å²) in [5.74, 6) is 0. The van der Waals surface area contributed by atoms with E-state index in [1.165, 1.54) is 27.2 Å². The maximum atomic E-state index is 13.0. The third kappa shape index (κ3) is 6.21. The highest BCUT2D eigenvalue weighted by molar-refractivity contribution is 9.10. The van der Waals surface area contributed by atoms with Gasteiger partial charge in [0, 0.05) is 47.9 Å². The second-order valence-corrected chi connectivity index (χ2v) is 15.1. The number of amides is 1. The summed E-state index contributed by atoms with van der Waals surface area (Å²) >= 11 is 6.54. The molecule has 0 unspecified atom stereocenters. The summed E-state index contributed by atoms with van der Waals surface area (Å²) in [5, 5.41) is 2.42. The fraction of sp³-hybridized carbons (Fsp3) is 0.536. The van der Waals surface area contributed by atoms with Gasteiger partial charge in [0.05, 0.1) is 5.52 Å². The SMILES string of the molecule is C[C@@H]1C[C@@H](N(C)c2nc3sc(-c4ncc(Br)c5ccn(C(=O)OC(C)(C)C)c45)nc3s2)CCN1C(=O)OC(C)(C)C. The molecule has 0 bridgehead atoms. The van der Waals surface area contributed by atoms with Crippen LogP contribution in [0.3, 0.4) is 0 Å². The van der Waals surface area contributed by atoms with Crippen molar-refractivity contribution in [2.45, 2.75) is 84.6 Å². The van der Waals surface area contributed by atoms with Crippen molar-refractivity contribution in [3.63, 3.8) is 0 Å². The first-order chi connectivity index (χ1) is 19.1. The smallest absolute Gasteiger partial charge is 0.419 e. The molecule has 5 rings (SSSR count). The van der Waals surface area contributed by atoms with Crippen LogP contribution in [0.2, 0.25) is 0 Å². The molecule has 220 valence electrons. The Labute approximate surface area is 255 Å². The highest BCUT2D eigenvalue weighted by atomic mass is 79.9. The van der Waals surface area contributed by atoms with Gasteiger partial charge in [0.15, 0.2) is 14.8 Å². The average molecular weight is 664 g/mol. The van der Waals surface area contributed by atoms with Gasteiger partial charge in [-0.2, -0.15) is 0 Å². The lowest BCUT2D eigenvalue weighted by Crippen LogP contribution is -2.51. The number of likely N-dealkylation sites (tertiary alicyclic amines) is 1. The van der Waals surface area contributed by atoms with Crippen molar-refractivity contribution in [2.24, 2.45) is 0 Å². The molecule has 13 heteroatoms. The second kappa shape index (κ2) is 10.8. The lowest BCUT2D eigenvalue weighted by molar-refractivity contribution is 0.0104. The van der Waals surface area contributed by atoms with E-state index in [0.717, 1.165) is 37.5 Å². The second-order valence-electron chi connectivity index (χ2n) is 12.3. The first kappa shape index (κ1) is 29.7. The van der Waals surface area contributed by atoms with E-state index in [9.17, 15) is 9.59 Å². The van der Waals surface area contributed by atoms with E-state index in [1.807, 2.05) is 52.5 Å². The van der Waals surface area contributed by atoms with Crippen LogP contribution in [0.5, 0.6) is 0 Å². The van der Waals surface area contributed by atoms with Crippen molar-refractivity contribution in [3.05, 3.63) is 22.9 Å². The predicted molar refractivity (Wildman–Crippen MR) is 167 cm³/mol. The number of anilines is 1. The van der Waals surface area contributed by atoms with E-state index in [2.05, 4.69) is 39.8 Å². The zero-order valence-corrected chi connectivity index (χ0v) is 27.7. The standard InChI is InChI=1S/C28H35BrN6O4S2/c1-15-13-16(9-11-34(15)25(36)38-27(2,3)4)33(8)24-32-23-22(41-24)31-21(40-23)19-20-17(18(29)14-30-19)10-12-35(20)26(37)39-28(5,6)7/h10,12,14-16H,9,11,13H2,1-8H3/t15-,16+/m1/s1. The molecule has 1 saturated heterocycles. The number of carbonyl (C=O) groups excluding carboxylic acids is 2. The normalized spacial score (nSPS) is 18.2. The summed E-state index contributed by atoms with van der Waals surface area (Å²) in [5.41, 5.74) is 0.0953. The number of rotatable bonds is 3. The summed E-state index contributed by atoms with van der Waals surface area (Å²) in [6.07, 6.45) is 4.35. The lowest BCUT2D eigenvalue weighted by Gasteiger charge is -2.41. The first-order valence-electron chi connectivity index (χ1n) is 13.5. The molecule has 2 atom stereocenters. The number of nitrogens with zero attached hydrogens (tertiary/aromatic N) is 6. The Balaban J connectivity index is 1.37. The Bertz CT molecular complexity index is 1580. The fourth-order valence-electron chi connectivity index (χ4n) is 4.87. The number of halogens is 1. The average Bonchev–Trinajstić information content (AvgIpc) is 3.55. The molecule has 0 aromatic carbocycles. The summed E-state index contributed by atoms with van der Waals surface area (Å²) < 4.78 is 13.5. The Morgan fingerprint density at radius 2 is 1.71 bits per heavy atom. The van der Waals surface area contributed by atoms with Gasteiger partial charge in [0.2, 0.25) is 0 Å². The van der Waals surface area contributed by atoms with Crippen LogP contribution in [0.15, 0.2) is 22.9 Å². The molecule has 0 N–H and O–H groups in total. The van der Waals surface area contributed by atoms with Crippen LogP contribution in [0.1, 0.15) is 61.3 Å². The number of aromatic nitrogens is 4. The van der Waals surface area contributed by atoms with Gasteiger partial charge in [-0.3, -0.25) is 9.55 Å². The molecular formula is C28H35BrN6O4S2. The molecule has 10 nitrogen and oxygen atoms in total. The fourth-order valence-corrected chi connectivity index (χ4v) is 7.36. The lowest BCUT2D eigenvalue weighted by atomic mass is 9.98. The van der Waals surface area contributed by atoms with Gasteiger partial charge in [-0.15, -0.1) is 0 Å². The number of pyridine rings is 1. The summed E-state index contributed by atoms with van der Waals surface area (Å²) in [6, 6.07) is 2.17. The molecule has 1 amide bonds. The van der Waals surface area contributed by atoms with Gasteiger partial charge < -0.3 is 19.3 Å². The van der Waals surface area contributed by atoms with Crippen molar-refractivity contribution in [1.82, 2.24) is 24.4 Å². The van der Waals surface area contributed by atoms with Crippen LogP contribution in [-0.4, -0.2) is 73.5 Å². The molecule has 0 aliphatic carbocycles. The van der Waals surface area contributed by atoms with Crippen LogP contribution in [0.4, 0.5) is 14.7 Å². The van der Waals surface area contributed by atoms with Gasteiger partial charge in [-0.05, 0) is 83.3 Å². The molecule has 4 aromatic rings. The molecular weight excluding hydrogens is 628 g/mol.